The van der Waals surface area contributed by atoms with Crippen LogP contribution in [0, 0.1) is 29.1 Å². The largest absolute Gasteiger partial charge is 0.388 e. The van der Waals surface area contributed by atoms with E-state index in [9.17, 15) is 5.11 Å². The summed E-state index contributed by atoms with van der Waals surface area (Å²) in [5, 5.41) is 11.5. The zero-order valence-electron chi connectivity index (χ0n) is 27.9. The fraction of sp³-hybridized carbons (Fsp3) is 0.892. The molecule has 1 rings (SSSR count). The number of aliphatic hydroxyl groups excluding tert-OH is 1. The van der Waals surface area contributed by atoms with Crippen molar-refractivity contribution in [2.75, 3.05) is 0 Å². The van der Waals surface area contributed by atoms with Crippen LogP contribution in [0.1, 0.15) is 178 Å². The summed E-state index contributed by atoms with van der Waals surface area (Å²) < 4.78 is 0. The van der Waals surface area contributed by atoms with Crippen molar-refractivity contribution in [3.8, 4) is 0 Å². The van der Waals surface area contributed by atoms with Crippen molar-refractivity contribution in [1.29, 1.82) is 0 Å². The molecule has 38 heavy (non-hydrogen) atoms. The van der Waals surface area contributed by atoms with Gasteiger partial charge in [-0.3, -0.25) is 0 Å². The Labute approximate surface area is 240 Å². The molecule has 0 fully saturated rings. The molecule has 0 saturated heterocycles. The lowest BCUT2D eigenvalue weighted by Gasteiger charge is -2.37. The van der Waals surface area contributed by atoms with Crippen molar-refractivity contribution >= 4 is 0 Å². The smallest absolute Gasteiger partial charge is 0.0821 e. The van der Waals surface area contributed by atoms with Crippen LogP contribution in [0.5, 0.6) is 0 Å². The Kier molecular flexibility index (Phi) is 17.5. The molecule has 224 valence electrons. The van der Waals surface area contributed by atoms with Crippen LogP contribution in [0.15, 0.2) is 22.3 Å². The molecule has 0 radical (unpaired) electrons. The van der Waals surface area contributed by atoms with Gasteiger partial charge in [0.25, 0.3) is 0 Å². The molecular weight excluding hydrogens is 460 g/mol. The summed E-state index contributed by atoms with van der Waals surface area (Å²) in [6.07, 6.45) is 21.4. The average Bonchev–Trinajstić information content (AvgIpc) is 2.84. The highest BCUT2D eigenvalue weighted by atomic mass is 16.3. The lowest BCUT2D eigenvalue weighted by molar-refractivity contribution is 0.142. The summed E-state index contributed by atoms with van der Waals surface area (Å²) >= 11 is 0. The molecule has 0 saturated carbocycles. The van der Waals surface area contributed by atoms with Gasteiger partial charge in [-0.05, 0) is 85.3 Å². The predicted molar refractivity (Wildman–Crippen MR) is 172 cm³/mol. The topological polar surface area (TPSA) is 20.2 Å². The normalized spacial score (nSPS) is 20.5. The summed E-state index contributed by atoms with van der Waals surface area (Å²) in [7, 11) is 0. The van der Waals surface area contributed by atoms with Gasteiger partial charge >= 0.3 is 0 Å². The van der Waals surface area contributed by atoms with Crippen molar-refractivity contribution in [3.63, 3.8) is 0 Å². The third-order valence-corrected chi connectivity index (χ3v) is 9.62. The lowest BCUT2D eigenvalue weighted by atomic mass is 9.70. The molecule has 1 aliphatic carbocycles. The standard InChI is InChI=1S/C37H70O/c1-11-17-32-31(8)33(35(19-13-3)36(38)34(32)18-12-2)25-27-37(9,10)26-16-24-30(7)23-15-22-29(6)21-14-20-28(4)5/h28-30,34,36,38H,11-27H2,1-10H3. The van der Waals surface area contributed by atoms with Gasteiger partial charge in [-0.25, -0.2) is 0 Å². The van der Waals surface area contributed by atoms with Crippen molar-refractivity contribution < 1.29 is 5.11 Å². The molecule has 0 aromatic carbocycles. The van der Waals surface area contributed by atoms with E-state index in [0.29, 0.717) is 11.3 Å². The molecule has 0 aliphatic heterocycles. The van der Waals surface area contributed by atoms with E-state index in [0.717, 1.165) is 56.3 Å². The average molecular weight is 531 g/mol. The first-order valence-corrected chi connectivity index (χ1v) is 17.1. The third-order valence-electron chi connectivity index (χ3n) is 9.62. The number of hydrogen-bond donors (Lipinski definition) is 1. The van der Waals surface area contributed by atoms with Crippen molar-refractivity contribution in [3.05, 3.63) is 22.3 Å². The summed E-state index contributed by atoms with van der Waals surface area (Å²) in [5.41, 5.74) is 6.38. The van der Waals surface area contributed by atoms with E-state index in [2.05, 4.69) is 69.2 Å². The molecule has 0 bridgehead atoms. The van der Waals surface area contributed by atoms with Crippen LogP contribution in [0.25, 0.3) is 0 Å². The molecule has 0 aromatic rings. The molecule has 0 amide bonds. The monoisotopic (exact) mass is 531 g/mol. The lowest BCUT2D eigenvalue weighted by Crippen LogP contribution is -2.31. The summed E-state index contributed by atoms with van der Waals surface area (Å²) in [6.45, 7) is 23.8. The van der Waals surface area contributed by atoms with Gasteiger partial charge in [0, 0.05) is 5.92 Å². The van der Waals surface area contributed by atoms with Crippen molar-refractivity contribution in [2.45, 2.75) is 184 Å². The van der Waals surface area contributed by atoms with E-state index in [1.165, 1.54) is 81.8 Å². The second-order valence-corrected chi connectivity index (χ2v) is 14.5. The first kappa shape index (κ1) is 35.5. The van der Waals surface area contributed by atoms with Crippen molar-refractivity contribution in [1.82, 2.24) is 0 Å². The maximum atomic E-state index is 11.5. The molecule has 1 heteroatoms. The Balaban J connectivity index is 2.61. The van der Waals surface area contributed by atoms with Gasteiger partial charge in [0.05, 0.1) is 6.10 Å². The van der Waals surface area contributed by atoms with Gasteiger partial charge in [0.1, 0.15) is 0 Å². The fourth-order valence-electron chi connectivity index (χ4n) is 7.02. The first-order chi connectivity index (χ1) is 18.0. The van der Waals surface area contributed by atoms with Crippen LogP contribution < -0.4 is 0 Å². The van der Waals surface area contributed by atoms with Gasteiger partial charge in [-0.1, -0.05) is 139 Å². The molecule has 1 N–H and O–H groups in total. The van der Waals surface area contributed by atoms with E-state index < -0.39 is 0 Å². The molecule has 0 spiro atoms. The van der Waals surface area contributed by atoms with Gasteiger partial charge in [0.15, 0.2) is 0 Å². The summed E-state index contributed by atoms with van der Waals surface area (Å²) in [6, 6.07) is 0. The van der Waals surface area contributed by atoms with Crippen LogP contribution in [0.4, 0.5) is 0 Å². The molecule has 4 atom stereocenters. The summed E-state index contributed by atoms with van der Waals surface area (Å²) in [4.78, 5) is 0. The Morgan fingerprint density at radius 3 is 1.74 bits per heavy atom. The van der Waals surface area contributed by atoms with Crippen LogP contribution in [0.2, 0.25) is 0 Å². The first-order valence-electron chi connectivity index (χ1n) is 17.1. The third kappa shape index (κ3) is 12.7. The van der Waals surface area contributed by atoms with E-state index in [1.807, 2.05) is 0 Å². The molecule has 0 aromatic heterocycles. The zero-order chi connectivity index (χ0) is 28.7. The highest BCUT2D eigenvalue weighted by Crippen LogP contribution is 2.44. The van der Waals surface area contributed by atoms with Crippen LogP contribution in [-0.4, -0.2) is 11.2 Å². The van der Waals surface area contributed by atoms with Crippen LogP contribution in [-0.2, 0) is 0 Å². The minimum atomic E-state index is -0.253. The molecule has 1 nitrogen and oxygen atoms in total. The Morgan fingerprint density at radius 2 is 1.21 bits per heavy atom. The molecule has 0 heterocycles. The van der Waals surface area contributed by atoms with Crippen LogP contribution >= 0.6 is 0 Å². The minimum Gasteiger partial charge on any atom is -0.388 e. The second-order valence-electron chi connectivity index (χ2n) is 14.5. The quantitative estimate of drug-likeness (QED) is 0.156. The molecule has 4 unspecified atom stereocenters. The van der Waals surface area contributed by atoms with Crippen molar-refractivity contribution in [2.24, 2.45) is 29.1 Å². The maximum Gasteiger partial charge on any atom is 0.0821 e. The zero-order valence-corrected chi connectivity index (χ0v) is 27.9. The predicted octanol–water partition coefficient (Wildman–Crippen LogP) is 12.2. The molecular formula is C37H70O. The Bertz CT molecular complexity index is 693. The number of hydrogen-bond acceptors (Lipinski definition) is 1. The number of allylic oxidation sites excluding steroid dienone is 2. The van der Waals surface area contributed by atoms with E-state index in [-0.39, 0.29) is 6.10 Å². The number of aliphatic hydroxyl groups is 1. The highest BCUT2D eigenvalue weighted by Gasteiger charge is 2.33. The SMILES string of the molecule is CCCC1=C(CCC(C)(C)CCCC(C)CCCC(C)CCCC(C)C)C(C)=C(CCC)C(CCC)C1O. The Morgan fingerprint density at radius 1 is 0.684 bits per heavy atom. The van der Waals surface area contributed by atoms with E-state index in [4.69, 9.17) is 0 Å². The van der Waals surface area contributed by atoms with E-state index >= 15 is 0 Å². The Hall–Kier alpha value is -0.560. The van der Waals surface area contributed by atoms with Gasteiger partial charge in [0.2, 0.25) is 0 Å². The maximum absolute atomic E-state index is 11.5. The van der Waals surface area contributed by atoms with Gasteiger partial charge < -0.3 is 5.11 Å². The second kappa shape index (κ2) is 18.7. The van der Waals surface area contributed by atoms with Gasteiger partial charge in [-0.2, -0.15) is 0 Å². The molecule has 1 aliphatic rings. The van der Waals surface area contributed by atoms with Crippen LogP contribution in [0.3, 0.4) is 0 Å². The highest BCUT2D eigenvalue weighted by molar-refractivity contribution is 5.45. The number of rotatable bonds is 21. The van der Waals surface area contributed by atoms with Gasteiger partial charge in [-0.15, -0.1) is 0 Å². The summed E-state index contributed by atoms with van der Waals surface area (Å²) in [5.74, 6) is 2.96. The fourth-order valence-corrected chi connectivity index (χ4v) is 7.02. The minimum absolute atomic E-state index is 0.253. The van der Waals surface area contributed by atoms with E-state index in [1.54, 1.807) is 11.1 Å².